The maximum atomic E-state index is 14.1. The monoisotopic (exact) mass is 416 g/mol. The fourth-order valence-corrected chi connectivity index (χ4v) is 6.28. The van der Waals surface area contributed by atoms with Gasteiger partial charge < -0.3 is 10.2 Å². The molecule has 1 atom stereocenters. The summed E-state index contributed by atoms with van der Waals surface area (Å²) in [5, 5.41) is 3.80. The molecule has 0 saturated heterocycles. The van der Waals surface area contributed by atoms with Crippen molar-refractivity contribution in [2.45, 2.75) is 44.1 Å². The van der Waals surface area contributed by atoms with Crippen molar-refractivity contribution in [3.05, 3.63) is 89.5 Å². The van der Waals surface area contributed by atoms with E-state index in [1.807, 2.05) is 29.2 Å². The van der Waals surface area contributed by atoms with Gasteiger partial charge in [-0.2, -0.15) is 0 Å². The van der Waals surface area contributed by atoms with Gasteiger partial charge in [-0.15, -0.1) is 18.3 Å². The lowest BCUT2D eigenvalue weighted by Gasteiger charge is -2.47. The summed E-state index contributed by atoms with van der Waals surface area (Å²) in [6.07, 6.45) is 7.53. The third-order valence-electron chi connectivity index (χ3n) is 6.75. The molecule has 4 heteroatoms. The minimum atomic E-state index is -0.0981. The van der Waals surface area contributed by atoms with Gasteiger partial charge in [0, 0.05) is 28.8 Å². The van der Waals surface area contributed by atoms with E-state index in [4.69, 9.17) is 0 Å². The van der Waals surface area contributed by atoms with Crippen molar-refractivity contribution in [2.24, 2.45) is 5.41 Å². The number of carbonyl (C=O) groups excluding carboxylic acids is 1. The first-order chi connectivity index (χ1) is 14.7. The van der Waals surface area contributed by atoms with E-state index in [-0.39, 0.29) is 16.8 Å². The summed E-state index contributed by atoms with van der Waals surface area (Å²) < 4.78 is 0. The summed E-state index contributed by atoms with van der Waals surface area (Å²) in [5.74, 6) is 1.01. The Morgan fingerprint density at radius 3 is 2.60 bits per heavy atom. The maximum Gasteiger partial charge on any atom is 0.255 e. The number of hydrogen-bond donors (Lipinski definition) is 1. The van der Waals surface area contributed by atoms with Crippen LogP contribution in [0.15, 0.2) is 72.8 Å². The van der Waals surface area contributed by atoms with E-state index in [9.17, 15) is 4.79 Å². The van der Waals surface area contributed by atoms with Crippen LogP contribution in [-0.4, -0.2) is 22.1 Å². The molecule has 0 aromatic heterocycles. The SMILES string of the molecule is C=CCSC1NC2=C(C(=O)N1Cc1ccccc1)C1(CCCC1)Cc1ccccc12. The molecule has 1 saturated carbocycles. The van der Waals surface area contributed by atoms with Crippen molar-refractivity contribution in [1.82, 2.24) is 10.2 Å². The Labute approximate surface area is 183 Å². The van der Waals surface area contributed by atoms with E-state index >= 15 is 0 Å². The first kappa shape index (κ1) is 19.5. The van der Waals surface area contributed by atoms with Gasteiger partial charge in [0.2, 0.25) is 0 Å². The van der Waals surface area contributed by atoms with Crippen molar-refractivity contribution in [2.75, 3.05) is 5.75 Å². The Bertz CT molecular complexity index is 991. The third kappa shape index (κ3) is 3.27. The molecule has 3 aliphatic rings. The average Bonchev–Trinajstić information content (AvgIpc) is 3.23. The lowest BCUT2D eigenvalue weighted by molar-refractivity contribution is -0.130. The number of fused-ring (bicyclic) bond motifs is 3. The van der Waals surface area contributed by atoms with Crippen LogP contribution in [0.3, 0.4) is 0 Å². The average molecular weight is 417 g/mol. The fourth-order valence-electron chi connectivity index (χ4n) is 5.41. The third-order valence-corrected chi connectivity index (χ3v) is 7.87. The Hall–Kier alpha value is -2.46. The van der Waals surface area contributed by atoms with Gasteiger partial charge >= 0.3 is 0 Å². The van der Waals surface area contributed by atoms with Gasteiger partial charge in [-0.25, -0.2) is 0 Å². The number of amides is 1. The molecular weight excluding hydrogens is 388 g/mol. The van der Waals surface area contributed by atoms with Crippen LogP contribution in [0, 0.1) is 5.41 Å². The van der Waals surface area contributed by atoms with Gasteiger partial charge in [0.1, 0.15) is 0 Å². The zero-order valence-corrected chi connectivity index (χ0v) is 18.1. The highest BCUT2D eigenvalue weighted by molar-refractivity contribution is 8.00. The van der Waals surface area contributed by atoms with E-state index < -0.39 is 0 Å². The predicted molar refractivity (Wildman–Crippen MR) is 125 cm³/mol. The molecule has 0 radical (unpaired) electrons. The second kappa shape index (κ2) is 7.99. The molecule has 1 unspecified atom stereocenters. The van der Waals surface area contributed by atoms with Gasteiger partial charge in [0.25, 0.3) is 5.91 Å². The van der Waals surface area contributed by atoms with Gasteiger partial charge in [-0.1, -0.05) is 73.5 Å². The van der Waals surface area contributed by atoms with Crippen molar-refractivity contribution in [3.8, 4) is 0 Å². The Kier molecular flexibility index (Phi) is 5.20. The van der Waals surface area contributed by atoms with E-state index in [1.54, 1.807) is 11.8 Å². The van der Waals surface area contributed by atoms with E-state index in [2.05, 4.69) is 48.3 Å². The van der Waals surface area contributed by atoms with E-state index in [1.165, 1.54) is 24.0 Å². The molecular formula is C26H28N2OS. The summed E-state index contributed by atoms with van der Waals surface area (Å²) in [4.78, 5) is 16.1. The number of benzene rings is 2. The van der Waals surface area contributed by atoms with Crippen LogP contribution in [-0.2, 0) is 17.8 Å². The molecule has 2 aromatic rings. The highest BCUT2D eigenvalue weighted by Crippen LogP contribution is 2.54. The summed E-state index contributed by atoms with van der Waals surface area (Å²) in [7, 11) is 0. The standard InChI is InChI=1S/C26H28N2OS/c1-2-16-30-25-27-23-21-13-7-6-12-20(21)17-26(14-8-9-15-26)22(23)24(29)28(25)18-19-10-4-3-5-11-19/h2-7,10-13,25,27H,1,8-9,14-18H2. The fraction of sp³-hybridized carbons (Fsp3) is 0.346. The maximum absolute atomic E-state index is 14.1. The molecule has 1 amide bonds. The molecule has 1 heterocycles. The normalized spacial score (nSPS) is 21.9. The molecule has 5 rings (SSSR count). The van der Waals surface area contributed by atoms with Crippen LogP contribution in [0.25, 0.3) is 5.70 Å². The van der Waals surface area contributed by atoms with Gasteiger partial charge in [0.05, 0.1) is 5.70 Å². The second-order valence-electron chi connectivity index (χ2n) is 8.61. The molecule has 0 bridgehead atoms. The number of nitrogens with one attached hydrogen (secondary N) is 1. The minimum absolute atomic E-state index is 0.0171. The van der Waals surface area contributed by atoms with Crippen LogP contribution in [0.5, 0.6) is 0 Å². The number of thioether (sulfide) groups is 1. The first-order valence-electron chi connectivity index (χ1n) is 10.9. The molecule has 1 fully saturated rings. The van der Waals surface area contributed by atoms with Crippen molar-refractivity contribution >= 4 is 23.4 Å². The Balaban J connectivity index is 1.61. The van der Waals surface area contributed by atoms with E-state index in [0.717, 1.165) is 41.8 Å². The number of nitrogens with zero attached hydrogens (tertiary/aromatic N) is 1. The van der Waals surface area contributed by atoms with Crippen LogP contribution >= 0.6 is 11.8 Å². The highest BCUT2D eigenvalue weighted by atomic mass is 32.2. The van der Waals surface area contributed by atoms with Crippen LogP contribution in [0.2, 0.25) is 0 Å². The van der Waals surface area contributed by atoms with Gasteiger partial charge in [-0.05, 0) is 30.4 Å². The highest BCUT2D eigenvalue weighted by Gasteiger charge is 2.50. The molecule has 30 heavy (non-hydrogen) atoms. The largest absolute Gasteiger partial charge is 0.356 e. The summed E-state index contributed by atoms with van der Waals surface area (Å²) >= 11 is 1.73. The first-order valence-corrected chi connectivity index (χ1v) is 11.9. The molecule has 3 nitrogen and oxygen atoms in total. The molecule has 154 valence electrons. The summed E-state index contributed by atoms with van der Waals surface area (Å²) in [5.41, 5.74) is 5.75. The Morgan fingerprint density at radius 1 is 1.10 bits per heavy atom. The number of carbonyl (C=O) groups is 1. The van der Waals surface area contributed by atoms with Crippen molar-refractivity contribution in [1.29, 1.82) is 0 Å². The van der Waals surface area contributed by atoms with Crippen molar-refractivity contribution in [3.63, 3.8) is 0 Å². The second-order valence-corrected chi connectivity index (χ2v) is 9.72. The molecule has 1 N–H and O–H groups in total. The summed E-state index contributed by atoms with van der Waals surface area (Å²) in [6.45, 7) is 4.51. The summed E-state index contributed by atoms with van der Waals surface area (Å²) in [6, 6.07) is 19.0. The molecule has 2 aromatic carbocycles. The van der Waals surface area contributed by atoms with Gasteiger partial charge in [-0.3, -0.25) is 4.79 Å². The predicted octanol–water partition coefficient (Wildman–Crippen LogP) is 5.35. The lowest BCUT2D eigenvalue weighted by atomic mass is 9.67. The van der Waals surface area contributed by atoms with Crippen LogP contribution in [0.1, 0.15) is 42.4 Å². The molecule has 2 aliphatic carbocycles. The van der Waals surface area contributed by atoms with Crippen LogP contribution < -0.4 is 5.32 Å². The van der Waals surface area contributed by atoms with E-state index in [0.29, 0.717) is 6.54 Å². The minimum Gasteiger partial charge on any atom is -0.356 e. The van der Waals surface area contributed by atoms with Gasteiger partial charge in [0.15, 0.2) is 5.50 Å². The molecule has 1 aliphatic heterocycles. The molecule has 1 spiro atoms. The van der Waals surface area contributed by atoms with Crippen LogP contribution in [0.4, 0.5) is 0 Å². The quantitative estimate of drug-likeness (QED) is 0.667. The smallest absolute Gasteiger partial charge is 0.255 e. The lowest BCUT2D eigenvalue weighted by Crippen LogP contribution is -2.54. The zero-order valence-electron chi connectivity index (χ0n) is 17.3. The Morgan fingerprint density at radius 2 is 1.83 bits per heavy atom. The van der Waals surface area contributed by atoms with Crippen molar-refractivity contribution < 1.29 is 4.79 Å². The zero-order chi connectivity index (χ0) is 20.6. The topological polar surface area (TPSA) is 32.3 Å². The number of rotatable bonds is 5. The number of hydrogen-bond acceptors (Lipinski definition) is 3.